The molecule has 19 heavy (non-hydrogen) atoms. The number of ether oxygens (including phenoxy) is 1. The van der Waals surface area contributed by atoms with Crippen molar-refractivity contribution in [3.8, 4) is 5.75 Å². The van der Waals surface area contributed by atoms with E-state index in [9.17, 15) is 14.9 Å². The number of nitrogens with zero attached hydrogens (tertiary/aromatic N) is 2. The number of nitro benzene ring substituents is 1. The number of Topliss-reactive ketones (excluding diaryl/α,β-unsaturated/α-hetero) is 1. The molecule has 1 aliphatic heterocycles. The Morgan fingerprint density at radius 1 is 1.21 bits per heavy atom. The second-order valence-electron chi connectivity index (χ2n) is 4.48. The zero-order valence-corrected chi connectivity index (χ0v) is 10.6. The smallest absolute Gasteiger partial charge is 0.269 e. The molecule has 1 saturated heterocycles. The highest BCUT2D eigenvalue weighted by atomic mass is 16.6. The van der Waals surface area contributed by atoms with E-state index in [1.165, 1.54) is 12.1 Å². The normalized spacial score (nSPS) is 16.3. The van der Waals surface area contributed by atoms with E-state index in [0.717, 1.165) is 19.6 Å². The molecular formula is C13H16N2O4. The number of rotatable bonds is 5. The highest BCUT2D eigenvalue weighted by molar-refractivity contribution is 5.79. The molecular weight excluding hydrogens is 248 g/mol. The van der Waals surface area contributed by atoms with E-state index in [4.69, 9.17) is 4.74 Å². The third kappa shape index (κ3) is 4.03. The Bertz CT molecular complexity index is 448. The number of ketones is 1. The van der Waals surface area contributed by atoms with Crippen LogP contribution in [-0.2, 0) is 4.79 Å². The molecule has 0 N–H and O–H groups in total. The fourth-order valence-corrected chi connectivity index (χ4v) is 1.98. The van der Waals surface area contributed by atoms with Crippen molar-refractivity contribution in [3.05, 3.63) is 34.4 Å². The zero-order chi connectivity index (χ0) is 13.7. The molecule has 0 radical (unpaired) electrons. The third-order valence-electron chi connectivity index (χ3n) is 3.14. The molecule has 1 heterocycles. The van der Waals surface area contributed by atoms with Crippen molar-refractivity contribution < 1.29 is 14.5 Å². The van der Waals surface area contributed by atoms with Crippen LogP contribution in [-0.4, -0.2) is 41.8 Å². The van der Waals surface area contributed by atoms with Crippen molar-refractivity contribution in [1.29, 1.82) is 0 Å². The van der Waals surface area contributed by atoms with Gasteiger partial charge in [0.2, 0.25) is 0 Å². The van der Waals surface area contributed by atoms with E-state index < -0.39 is 4.92 Å². The number of non-ortho nitro benzene ring substituents is 1. The molecule has 1 aromatic carbocycles. The van der Waals surface area contributed by atoms with Crippen LogP contribution in [0.2, 0.25) is 0 Å². The minimum absolute atomic E-state index is 0.0573. The van der Waals surface area contributed by atoms with Crippen molar-refractivity contribution in [2.45, 2.75) is 12.8 Å². The van der Waals surface area contributed by atoms with Gasteiger partial charge in [-0.15, -0.1) is 0 Å². The van der Waals surface area contributed by atoms with Crippen LogP contribution in [0.3, 0.4) is 0 Å². The molecule has 102 valence electrons. The zero-order valence-electron chi connectivity index (χ0n) is 10.6. The van der Waals surface area contributed by atoms with Crippen LogP contribution >= 0.6 is 0 Å². The monoisotopic (exact) mass is 264 g/mol. The third-order valence-corrected chi connectivity index (χ3v) is 3.14. The second-order valence-corrected chi connectivity index (χ2v) is 4.48. The first-order chi connectivity index (χ1) is 9.15. The molecule has 0 amide bonds. The summed E-state index contributed by atoms with van der Waals surface area (Å²) in [7, 11) is 0. The molecule has 6 nitrogen and oxygen atoms in total. The van der Waals surface area contributed by atoms with E-state index in [1.54, 1.807) is 12.1 Å². The number of benzene rings is 1. The largest absolute Gasteiger partial charge is 0.492 e. The molecule has 1 fully saturated rings. The minimum Gasteiger partial charge on any atom is -0.492 e. The van der Waals surface area contributed by atoms with Crippen LogP contribution in [0.5, 0.6) is 5.75 Å². The maximum absolute atomic E-state index is 11.1. The summed E-state index contributed by atoms with van der Waals surface area (Å²) >= 11 is 0. The lowest BCUT2D eigenvalue weighted by molar-refractivity contribution is -0.384. The van der Waals surface area contributed by atoms with Crippen LogP contribution in [0.15, 0.2) is 24.3 Å². The molecule has 2 rings (SSSR count). The topological polar surface area (TPSA) is 72.7 Å². The van der Waals surface area contributed by atoms with Gasteiger partial charge in [-0.05, 0) is 12.1 Å². The summed E-state index contributed by atoms with van der Waals surface area (Å²) in [5.41, 5.74) is 0.0573. The molecule has 0 aromatic heterocycles. The summed E-state index contributed by atoms with van der Waals surface area (Å²) < 4.78 is 5.52. The predicted molar refractivity (Wildman–Crippen MR) is 69.3 cm³/mol. The summed E-state index contributed by atoms with van der Waals surface area (Å²) in [6, 6.07) is 6.04. The molecule has 0 bridgehead atoms. The first-order valence-corrected chi connectivity index (χ1v) is 6.26. The van der Waals surface area contributed by atoms with E-state index in [-0.39, 0.29) is 5.69 Å². The SMILES string of the molecule is O=C1CCN(CCOc2ccc([N+](=O)[O-])cc2)CC1. The standard InChI is InChI=1S/C13H16N2O4/c16-12-5-7-14(8-6-12)9-10-19-13-3-1-11(2-4-13)15(17)18/h1-4H,5-10H2. The Hall–Kier alpha value is -1.95. The van der Waals surface area contributed by atoms with E-state index in [2.05, 4.69) is 4.90 Å². The first-order valence-electron chi connectivity index (χ1n) is 6.26. The second kappa shape index (κ2) is 6.29. The lowest BCUT2D eigenvalue weighted by Gasteiger charge is -2.25. The summed E-state index contributed by atoms with van der Waals surface area (Å²) in [6.07, 6.45) is 1.25. The molecule has 1 aromatic rings. The lowest BCUT2D eigenvalue weighted by Crippen LogP contribution is -2.36. The molecule has 0 spiro atoms. The van der Waals surface area contributed by atoms with Crippen molar-refractivity contribution in [2.75, 3.05) is 26.2 Å². The Morgan fingerprint density at radius 3 is 2.42 bits per heavy atom. The van der Waals surface area contributed by atoms with Gasteiger partial charge in [0, 0.05) is 44.6 Å². The summed E-state index contributed by atoms with van der Waals surface area (Å²) in [5.74, 6) is 0.950. The van der Waals surface area contributed by atoms with E-state index in [0.29, 0.717) is 31.0 Å². The molecule has 0 atom stereocenters. The number of carbonyl (C=O) groups excluding carboxylic acids is 1. The molecule has 0 aliphatic carbocycles. The average Bonchev–Trinajstić information content (AvgIpc) is 2.41. The summed E-state index contributed by atoms with van der Waals surface area (Å²) in [6.45, 7) is 2.88. The van der Waals surface area contributed by atoms with Crippen molar-refractivity contribution in [3.63, 3.8) is 0 Å². The highest BCUT2D eigenvalue weighted by Crippen LogP contribution is 2.17. The Labute approximate surface area is 111 Å². The van der Waals surface area contributed by atoms with Gasteiger partial charge in [-0.2, -0.15) is 0 Å². The lowest BCUT2D eigenvalue weighted by atomic mass is 10.1. The number of hydrogen-bond donors (Lipinski definition) is 0. The van der Waals surface area contributed by atoms with Crippen molar-refractivity contribution in [1.82, 2.24) is 4.90 Å². The molecule has 0 unspecified atom stereocenters. The van der Waals surface area contributed by atoms with Crippen LogP contribution in [0.4, 0.5) is 5.69 Å². The van der Waals surface area contributed by atoms with Crippen LogP contribution < -0.4 is 4.74 Å². The quantitative estimate of drug-likeness (QED) is 0.597. The number of nitro groups is 1. The van der Waals surface area contributed by atoms with Crippen LogP contribution in [0.25, 0.3) is 0 Å². The molecule has 0 saturated carbocycles. The van der Waals surface area contributed by atoms with Gasteiger partial charge >= 0.3 is 0 Å². The highest BCUT2D eigenvalue weighted by Gasteiger charge is 2.15. The van der Waals surface area contributed by atoms with Gasteiger partial charge in [0.05, 0.1) is 4.92 Å². The fourth-order valence-electron chi connectivity index (χ4n) is 1.98. The molecule has 6 heteroatoms. The van der Waals surface area contributed by atoms with Crippen LogP contribution in [0, 0.1) is 10.1 Å². The van der Waals surface area contributed by atoms with Gasteiger partial charge in [0.15, 0.2) is 0 Å². The number of hydrogen-bond acceptors (Lipinski definition) is 5. The first kappa shape index (κ1) is 13.5. The Balaban J connectivity index is 1.73. The van der Waals surface area contributed by atoms with Gasteiger partial charge in [-0.1, -0.05) is 0 Å². The maximum atomic E-state index is 11.1. The summed E-state index contributed by atoms with van der Waals surface area (Å²) in [5, 5.41) is 10.5. The number of piperidine rings is 1. The maximum Gasteiger partial charge on any atom is 0.269 e. The minimum atomic E-state index is -0.436. The van der Waals surface area contributed by atoms with Crippen LogP contribution in [0.1, 0.15) is 12.8 Å². The van der Waals surface area contributed by atoms with Gasteiger partial charge in [-0.25, -0.2) is 0 Å². The van der Waals surface area contributed by atoms with Gasteiger partial charge in [0.1, 0.15) is 18.1 Å². The van der Waals surface area contributed by atoms with E-state index >= 15 is 0 Å². The fraction of sp³-hybridized carbons (Fsp3) is 0.462. The predicted octanol–water partition coefficient (Wildman–Crippen LogP) is 1.64. The van der Waals surface area contributed by atoms with E-state index in [1.807, 2.05) is 0 Å². The Kier molecular flexibility index (Phi) is 4.46. The average molecular weight is 264 g/mol. The summed E-state index contributed by atoms with van der Waals surface area (Å²) in [4.78, 5) is 23.3. The number of carbonyl (C=O) groups is 1. The van der Waals surface area contributed by atoms with Crippen molar-refractivity contribution >= 4 is 11.5 Å². The Morgan fingerprint density at radius 2 is 1.84 bits per heavy atom. The van der Waals surface area contributed by atoms with Gasteiger partial charge in [-0.3, -0.25) is 19.8 Å². The number of likely N-dealkylation sites (tertiary alicyclic amines) is 1. The molecule has 1 aliphatic rings. The van der Waals surface area contributed by atoms with Crippen molar-refractivity contribution in [2.24, 2.45) is 0 Å². The van der Waals surface area contributed by atoms with Gasteiger partial charge in [0.25, 0.3) is 5.69 Å². The van der Waals surface area contributed by atoms with Gasteiger partial charge < -0.3 is 4.74 Å².